The van der Waals surface area contributed by atoms with Gasteiger partial charge in [0.1, 0.15) is 12.6 Å². The van der Waals surface area contributed by atoms with E-state index in [9.17, 15) is 9.59 Å². The second-order valence-electron chi connectivity index (χ2n) is 3.32. The molecule has 2 rings (SSSR count). The number of nitrogens with one attached hydrogen (secondary N) is 1. The largest absolute Gasteiger partial charge is 0.336 e. The van der Waals surface area contributed by atoms with Crippen LogP contribution in [0.2, 0.25) is 0 Å². The second-order valence-corrected chi connectivity index (χ2v) is 3.32. The molecule has 1 aliphatic rings. The monoisotopic (exact) mass is 219 g/mol. The lowest BCUT2D eigenvalue weighted by molar-refractivity contribution is -0.128. The summed E-state index contributed by atoms with van der Waals surface area (Å²) in [5.74, 6) is -0.331. The molecule has 16 heavy (non-hydrogen) atoms. The zero-order valence-corrected chi connectivity index (χ0v) is 8.38. The molecule has 0 saturated carbocycles. The van der Waals surface area contributed by atoms with E-state index in [4.69, 9.17) is 5.26 Å². The number of carbonyl (C=O) groups is 2. The van der Waals surface area contributed by atoms with Crippen molar-refractivity contribution in [2.75, 3.05) is 13.1 Å². The quantitative estimate of drug-likeness (QED) is 0.712. The first kappa shape index (κ1) is 10.2. The molecule has 7 heteroatoms. The topological polar surface area (TPSA) is 91.0 Å². The molecule has 1 fully saturated rings. The number of nitriles is 1. The summed E-state index contributed by atoms with van der Waals surface area (Å²) in [6.45, 7) is 0.826. The van der Waals surface area contributed by atoms with Gasteiger partial charge in [-0.1, -0.05) is 0 Å². The highest BCUT2D eigenvalue weighted by atomic mass is 16.2. The van der Waals surface area contributed by atoms with Crippen LogP contribution in [-0.4, -0.2) is 39.7 Å². The molecule has 0 aliphatic carbocycles. The lowest BCUT2D eigenvalue weighted by Crippen LogP contribution is -2.36. The fraction of sp³-hybridized carbons (Fsp3) is 0.333. The van der Waals surface area contributed by atoms with E-state index >= 15 is 0 Å². The van der Waals surface area contributed by atoms with E-state index in [0.29, 0.717) is 18.7 Å². The van der Waals surface area contributed by atoms with Gasteiger partial charge < -0.3 is 5.32 Å². The summed E-state index contributed by atoms with van der Waals surface area (Å²) < 4.78 is 1.34. The van der Waals surface area contributed by atoms with Gasteiger partial charge in [0.15, 0.2) is 0 Å². The fourth-order valence-corrected chi connectivity index (χ4v) is 1.44. The van der Waals surface area contributed by atoms with E-state index in [-0.39, 0.29) is 18.5 Å². The highest BCUT2D eigenvalue weighted by molar-refractivity contribution is 5.95. The number of rotatable bonds is 2. The van der Waals surface area contributed by atoms with Crippen LogP contribution in [-0.2, 0) is 11.3 Å². The minimum Gasteiger partial charge on any atom is -0.336 e. The molecule has 2 heterocycles. The van der Waals surface area contributed by atoms with Crippen molar-refractivity contribution in [3.05, 3.63) is 18.0 Å². The number of hydrogen-bond acceptors (Lipinski definition) is 4. The van der Waals surface area contributed by atoms with Crippen LogP contribution in [0.3, 0.4) is 0 Å². The Bertz CT molecular complexity index is 472. The Morgan fingerprint density at radius 3 is 3.06 bits per heavy atom. The van der Waals surface area contributed by atoms with Crippen LogP contribution in [0.4, 0.5) is 4.79 Å². The van der Waals surface area contributed by atoms with Crippen LogP contribution < -0.4 is 5.32 Å². The van der Waals surface area contributed by atoms with Crippen LogP contribution in [0.1, 0.15) is 5.56 Å². The molecule has 1 aromatic rings. The molecular weight excluding hydrogens is 210 g/mol. The molecular formula is C9H9N5O2. The van der Waals surface area contributed by atoms with Crippen molar-refractivity contribution in [1.29, 1.82) is 5.26 Å². The molecule has 0 radical (unpaired) electrons. The van der Waals surface area contributed by atoms with Gasteiger partial charge in [0.2, 0.25) is 0 Å². The van der Waals surface area contributed by atoms with Crippen molar-refractivity contribution in [3.8, 4) is 6.07 Å². The Labute approximate surface area is 91.2 Å². The van der Waals surface area contributed by atoms with Crippen molar-refractivity contribution in [2.24, 2.45) is 0 Å². The zero-order chi connectivity index (χ0) is 11.5. The summed E-state index contributed by atoms with van der Waals surface area (Å²) in [4.78, 5) is 24.0. The van der Waals surface area contributed by atoms with Crippen molar-refractivity contribution >= 4 is 11.9 Å². The Balaban J connectivity index is 2.02. The summed E-state index contributed by atoms with van der Waals surface area (Å²) in [5.41, 5.74) is 0.388. The SMILES string of the molecule is N#Cc1cnn(CC(=O)N2CCNC2=O)c1. The van der Waals surface area contributed by atoms with Crippen molar-refractivity contribution in [1.82, 2.24) is 20.0 Å². The van der Waals surface area contributed by atoms with Crippen LogP contribution in [0.5, 0.6) is 0 Å². The first-order chi connectivity index (χ1) is 7.70. The van der Waals surface area contributed by atoms with Crippen LogP contribution in [0.25, 0.3) is 0 Å². The van der Waals surface area contributed by atoms with E-state index in [2.05, 4.69) is 10.4 Å². The van der Waals surface area contributed by atoms with E-state index < -0.39 is 0 Å². The second kappa shape index (κ2) is 4.02. The number of hydrogen-bond donors (Lipinski definition) is 1. The first-order valence-electron chi connectivity index (χ1n) is 4.71. The molecule has 7 nitrogen and oxygen atoms in total. The van der Waals surface area contributed by atoms with E-state index in [1.807, 2.05) is 6.07 Å². The number of aromatic nitrogens is 2. The molecule has 1 saturated heterocycles. The van der Waals surface area contributed by atoms with Gasteiger partial charge in [0.05, 0.1) is 11.8 Å². The minimum atomic E-state index is -0.377. The molecule has 0 atom stereocenters. The lowest BCUT2D eigenvalue weighted by atomic mass is 10.4. The molecule has 1 N–H and O–H groups in total. The minimum absolute atomic E-state index is 0.0326. The average Bonchev–Trinajstić information content (AvgIpc) is 2.86. The van der Waals surface area contributed by atoms with Gasteiger partial charge in [-0.05, 0) is 0 Å². The zero-order valence-electron chi connectivity index (χ0n) is 8.38. The van der Waals surface area contributed by atoms with Crippen molar-refractivity contribution < 1.29 is 9.59 Å². The fourth-order valence-electron chi connectivity index (χ4n) is 1.44. The molecule has 1 aliphatic heterocycles. The normalized spacial score (nSPS) is 14.7. The third-order valence-electron chi connectivity index (χ3n) is 2.22. The van der Waals surface area contributed by atoms with Gasteiger partial charge in [0.25, 0.3) is 5.91 Å². The molecule has 3 amide bonds. The Kier molecular flexibility index (Phi) is 2.55. The van der Waals surface area contributed by atoms with Crippen LogP contribution >= 0.6 is 0 Å². The van der Waals surface area contributed by atoms with Gasteiger partial charge in [-0.2, -0.15) is 10.4 Å². The Morgan fingerprint density at radius 2 is 2.50 bits per heavy atom. The summed E-state index contributed by atoms with van der Waals surface area (Å²) in [5, 5.41) is 15.0. The predicted molar refractivity (Wildman–Crippen MR) is 52.1 cm³/mol. The van der Waals surface area contributed by atoms with E-state index in [0.717, 1.165) is 4.90 Å². The van der Waals surface area contributed by atoms with Gasteiger partial charge >= 0.3 is 6.03 Å². The average molecular weight is 219 g/mol. The van der Waals surface area contributed by atoms with Crippen molar-refractivity contribution in [2.45, 2.75) is 6.54 Å². The van der Waals surface area contributed by atoms with Gasteiger partial charge in [-0.3, -0.25) is 14.4 Å². The molecule has 1 aromatic heterocycles. The van der Waals surface area contributed by atoms with Crippen LogP contribution in [0, 0.1) is 11.3 Å². The summed E-state index contributed by atoms with van der Waals surface area (Å²) in [7, 11) is 0. The van der Waals surface area contributed by atoms with Crippen LogP contribution in [0.15, 0.2) is 12.4 Å². The molecule has 0 aromatic carbocycles. The molecule has 0 bridgehead atoms. The summed E-state index contributed by atoms with van der Waals surface area (Å²) in [6.07, 6.45) is 2.84. The number of amides is 3. The maximum Gasteiger partial charge on any atom is 0.324 e. The Morgan fingerprint density at radius 1 is 1.69 bits per heavy atom. The Hall–Kier alpha value is -2.36. The first-order valence-corrected chi connectivity index (χ1v) is 4.71. The third kappa shape index (κ3) is 1.86. The van der Waals surface area contributed by atoms with E-state index in [1.54, 1.807) is 0 Å². The van der Waals surface area contributed by atoms with Gasteiger partial charge in [-0.15, -0.1) is 0 Å². The van der Waals surface area contributed by atoms with Gasteiger partial charge in [0, 0.05) is 19.3 Å². The maximum atomic E-state index is 11.6. The number of urea groups is 1. The smallest absolute Gasteiger partial charge is 0.324 e. The number of carbonyl (C=O) groups excluding carboxylic acids is 2. The standard InChI is InChI=1S/C9H9N5O2/c10-3-7-4-12-13(5-7)6-8(15)14-2-1-11-9(14)16/h4-5H,1-2,6H2,(H,11,16). The number of imide groups is 1. The predicted octanol–water partition coefficient (Wildman–Crippen LogP) is -0.693. The summed E-state index contributed by atoms with van der Waals surface area (Å²) in [6, 6.07) is 1.53. The van der Waals surface area contributed by atoms with Gasteiger partial charge in [-0.25, -0.2) is 4.79 Å². The molecule has 0 unspecified atom stereocenters. The highest BCUT2D eigenvalue weighted by Gasteiger charge is 2.26. The maximum absolute atomic E-state index is 11.6. The van der Waals surface area contributed by atoms with E-state index in [1.165, 1.54) is 17.1 Å². The lowest BCUT2D eigenvalue weighted by Gasteiger charge is -2.11. The summed E-state index contributed by atoms with van der Waals surface area (Å²) >= 11 is 0. The van der Waals surface area contributed by atoms with Crippen molar-refractivity contribution in [3.63, 3.8) is 0 Å². The number of nitrogens with zero attached hydrogens (tertiary/aromatic N) is 4. The molecule has 0 spiro atoms. The highest BCUT2D eigenvalue weighted by Crippen LogP contribution is 2.01. The molecule has 82 valence electrons. The third-order valence-corrected chi connectivity index (χ3v) is 2.22.